The van der Waals surface area contributed by atoms with Crippen LogP contribution in [0.1, 0.15) is 41.4 Å². The number of aryl methyl sites for hydroxylation is 1. The van der Waals surface area contributed by atoms with Crippen LogP contribution in [0.4, 0.5) is 11.6 Å². The summed E-state index contributed by atoms with van der Waals surface area (Å²) in [5.41, 5.74) is 2.12. The fourth-order valence-electron chi connectivity index (χ4n) is 2.95. The standard InChI is InChI=1S/C17H21N7O/c1-11-7-15-19-14(8-16(22(2)3)24(15)21-11)20-17(25)12-9-18-23(10-12)13-5-4-6-13/h7-10,13H,4-6H2,1-3H3,(H,19,20,25). The van der Waals surface area contributed by atoms with Crippen molar-refractivity contribution in [3.05, 3.63) is 35.8 Å². The van der Waals surface area contributed by atoms with E-state index in [-0.39, 0.29) is 5.91 Å². The van der Waals surface area contributed by atoms with Gasteiger partial charge in [0.2, 0.25) is 0 Å². The maximum atomic E-state index is 12.5. The first kappa shape index (κ1) is 15.6. The first-order valence-electron chi connectivity index (χ1n) is 8.41. The quantitative estimate of drug-likeness (QED) is 0.789. The lowest BCUT2D eigenvalue weighted by atomic mass is 9.93. The van der Waals surface area contributed by atoms with Gasteiger partial charge in [0.15, 0.2) is 5.65 Å². The van der Waals surface area contributed by atoms with Crippen LogP contribution < -0.4 is 10.2 Å². The maximum Gasteiger partial charge on any atom is 0.260 e. The second-order valence-corrected chi connectivity index (χ2v) is 6.70. The van der Waals surface area contributed by atoms with Gasteiger partial charge in [0.1, 0.15) is 11.6 Å². The predicted octanol–water partition coefficient (Wildman–Crippen LogP) is 2.28. The Kier molecular flexibility index (Phi) is 3.67. The van der Waals surface area contributed by atoms with Crippen LogP contribution in [0.15, 0.2) is 24.5 Å². The zero-order chi connectivity index (χ0) is 17.6. The molecule has 0 aliphatic heterocycles. The van der Waals surface area contributed by atoms with E-state index in [2.05, 4.69) is 20.5 Å². The number of carbonyl (C=O) groups is 1. The molecule has 1 saturated carbocycles. The summed E-state index contributed by atoms with van der Waals surface area (Å²) in [5, 5.41) is 11.6. The van der Waals surface area contributed by atoms with Gasteiger partial charge < -0.3 is 10.2 Å². The average Bonchev–Trinajstić information content (AvgIpc) is 3.10. The lowest BCUT2D eigenvalue weighted by molar-refractivity contribution is 0.102. The molecular formula is C17H21N7O. The molecule has 130 valence electrons. The lowest BCUT2D eigenvalue weighted by Gasteiger charge is -2.25. The molecule has 0 spiro atoms. The first-order chi connectivity index (χ1) is 12.0. The van der Waals surface area contributed by atoms with Gasteiger partial charge in [-0.25, -0.2) is 4.98 Å². The summed E-state index contributed by atoms with van der Waals surface area (Å²) in [7, 11) is 3.86. The highest BCUT2D eigenvalue weighted by atomic mass is 16.1. The summed E-state index contributed by atoms with van der Waals surface area (Å²) in [6.45, 7) is 1.92. The van der Waals surface area contributed by atoms with Gasteiger partial charge in [0, 0.05) is 32.4 Å². The molecule has 8 nitrogen and oxygen atoms in total. The van der Waals surface area contributed by atoms with Crippen LogP contribution in [0.2, 0.25) is 0 Å². The minimum Gasteiger partial charge on any atom is -0.363 e. The molecule has 25 heavy (non-hydrogen) atoms. The van der Waals surface area contributed by atoms with E-state index >= 15 is 0 Å². The molecule has 0 saturated heterocycles. The van der Waals surface area contributed by atoms with E-state index in [0.29, 0.717) is 23.1 Å². The monoisotopic (exact) mass is 339 g/mol. The van der Waals surface area contributed by atoms with E-state index in [1.807, 2.05) is 48.9 Å². The molecule has 0 atom stereocenters. The van der Waals surface area contributed by atoms with Crippen molar-refractivity contribution in [3.63, 3.8) is 0 Å². The third-order valence-electron chi connectivity index (χ3n) is 4.54. The summed E-state index contributed by atoms with van der Waals surface area (Å²) in [6, 6.07) is 4.14. The van der Waals surface area contributed by atoms with Crippen molar-refractivity contribution >= 4 is 23.2 Å². The number of hydrogen-bond donors (Lipinski definition) is 1. The summed E-state index contributed by atoms with van der Waals surface area (Å²) in [5.74, 6) is 1.14. The molecule has 1 amide bonds. The zero-order valence-electron chi connectivity index (χ0n) is 14.6. The maximum absolute atomic E-state index is 12.5. The van der Waals surface area contributed by atoms with E-state index in [4.69, 9.17) is 0 Å². The summed E-state index contributed by atoms with van der Waals surface area (Å²) in [4.78, 5) is 19.0. The number of aromatic nitrogens is 5. The molecular weight excluding hydrogens is 318 g/mol. The van der Waals surface area contributed by atoms with E-state index < -0.39 is 0 Å². The Bertz CT molecular complexity index is 936. The van der Waals surface area contributed by atoms with Crippen molar-refractivity contribution in [3.8, 4) is 0 Å². The second-order valence-electron chi connectivity index (χ2n) is 6.70. The van der Waals surface area contributed by atoms with E-state index in [9.17, 15) is 4.79 Å². The van der Waals surface area contributed by atoms with Gasteiger partial charge in [-0.15, -0.1) is 0 Å². The van der Waals surface area contributed by atoms with E-state index in [0.717, 1.165) is 24.4 Å². The minimum absolute atomic E-state index is 0.205. The highest BCUT2D eigenvalue weighted by molar-refractivity contribution is 6.03. The molecule has 0 unspecified atom stereocenters. The van der Waals surface area contributed by atoms with Gasteiger partial charge in [-0.3, -0.25) is 9.48 Å². The molecule has 8 heteroatoms. The van der Waals surface area contributed by atoms with Crippen molar-refractivity contribution < 1.29 is 4.79 Å². The van der Waals surface area contributed by atoms with Crippen LogP contribution in [0.5, 0.6) is 0 Å². The van der Waals surface area contributed by atoms with Crippen LogP contribution in [-0.2, 0) is 0 Å². The Labute approximate surface area is 145 Å². The van der Waals surface area contributed by atoms with Gasteiger partial charge in [-0.1, -0.05) is 0 Å². The Hall–Kier alpha value is -2.90. The molecule has 0 aromatic carbocycles. The predicted molar refractivity (Wildman–Crippen MR) is 95.1 cm³/mol. The fourth-order valence-corrected chi connectivity index (χ4v) is 2.95. The fraction of sp³-hybridized carbons (Fsp3) is 0.412. The zero-order valence-corrected chi connectivity index (χ0v) is 14.6. The topological polar surface area (TPSA) is 80.4 Å². The number of fused-ring (bicyclic) bond motifs is 1. The highest BCUT2D eigenvalue weighted by Crippen LogP contribution is 2.30. The van der Waals surface area contributed by atoms with Crippen LogP contribution in [0.25, 0.3) is 5.65 Å². The molecule has 3 aromatic heterocycles. The summed E-state index contributed by atoms with van der Waals surface area (Å²) >= 11 is 0. The third-order valence-corrected chi connectivity index (χ3v) is 4.54. The highest BCUT2D eigenvalue weighted by Gasteiger charge is 2.21. The number of hydrogen-bond acceptors (Lipinski definition) is 5. The van der Waals surface area contributed by atoms with Crippen LogP contribution in [-0.4, -0.2) is 44.4 Å². The number of nitrogens with one attached hydrogen (secondary N) is 1. The third kappa shape index (κ3) is 2.84. The van der Waals surface area contributed by atoms with Gasteiger partial charge >= 0.3 is 0 Å². The Morgan fingerprint density at radius 3 is 2.80 bits per heavy atom. The van der Waals surface area contributed by atoms with Crippen molar-refractivity contribution in [1.29, 1.82) is 0 Å². The van der Waals surface area contributed by atoms with Gasteiger partial charge in [-0.05, 0) is 26.2 Å². The number of nitrogens with zero attached hydrogens (tertiary/aromatic N) is 6. The van der Waals surface area contributed by atoms with Crippen LogP contribution in [0, 0.1) is 6.92 Å². The summed E-state index contributed by atoms with van der Waals surface area (Å²) < 4.78 is 3.65. The normalized spacial score (nSPS) is 14.5. The Balaban J connectivity index is 1.61. The second kappa shape index (κ2) is 5.87. The largest absolute Gasteiger partial charge is 0.363 e. The number of anilines is 2. The lowest BCUT2D eigenvalue weighted by Crippen LogP contribution is -2.18. The molecule has 1 aliphatic carbocycles. The van der Waals surface area contributed by atoms with Crippen LogP contribution in [0.3, 0.4) is 0 Å². The van der Waals surface area contributed by atoms with Crippen molar-refractivity contribution in [2.75, 3.05) is 24.3 Å². The molecule has 1 N–H and O–H groups in total. The molecule has 3 aromatic rings. The molecule has 4 rings (SSSR count). The minimum atomic E-state index is -0.205. The van der Waals surface area contributed by atoms with E-state index in [1.165, 1.54) is 6.42 Å². The molecule has 0 bridgehead atoms. The van der Waals surface area contributed by atoms with E-state index in [1.54, 1.807) is 10.7 Å². The molecule has 3 heterocycles. The number of rotatable bonds is 4. The average molecular weight is 339 g/mol. The molecule has 1 fully saturated rings. The van der Waals surface area contributed by atoms with Gasteiger partial charge in [0.05, 0.1) is 23.5 Å². The van der Waals surface area contributed by atoms with Crippen molar-refractivity contribution in [2.45, 2.75) is 32.2 Å². The van der Waals surface area contributed by atoms with Crippen molar-refractivity contribution in [2.24, 2.45) is 0 Å². The number of amides is 1. The Morgan fingerprint density at radius 2 is 2.12 bits per heavy atom. The summed E-state index contributed by atoms with van der Waals surface area (Å²) in [6.07, 6.45) is 6.92. The van der Waals surface area contributed by atoms with Gasteiger partial charge in [-0.2, -0.15) is 14.7 Å². The van der Waals surface area contributed by atoms with Crippen molar-refractivity contribution in [1.82, 2.24) is 24.4 Å². The van der Waals surface area contributed by atoms with Crippen LogP contribution >= 0.6 is 0 Å². The molecule has 0 radical (unpaired) electrons. The Morgan fingerprint density at radius 1 is 1.32 bits per heavy atom. The molecule has 1 aliphatic rings. The SMILES string of the molecule is Cc1cc2nc(NC(=O)c3cnn(C4CCC4)c3)cc(N(C)C)n2n1. The first-order valence-corrected chi connectivity index (χ1v) is 8.41. The van der Waals surface area contributed by atoms with Gasteiger partial charge in [0.25, 0.3) is 5.91 Å². The number of carbonyl (C=O) groups excluding carboxylic acids is 1. The smallest absolute Gasteiger partial charge is 0.260 e.